The summed E-state index contributed by atoms with van der Waals surface area (Å²) in [5.74, 6) is -0.975. The molecule has 4 rings (SSSR count). The lowest BCUT2D eigenvalue weighted by molar-refractivity contribution is -0.137. The van der Waals surface area contributed by atoms with E-state index in [2.05, 4.69) is 37.6 Å². The first-order valence-electron chi connectivity index (χ1n) is 13.7. The molecular formula is C32H37FN2O5. The van der Waals surface area contributed by atoms with Gasteiger partial charge in [0.1, 0.15) is 11.6 Å². The fourth-order valence-corrected chi connectivity index (χ4v) is 5.23. The second-order valence-electron chi connectivity index (χ2n) is 10.9. The molecule has 40 heavy (non-hydrogen) atoms. The van der Waals surface area contributed by atoms with Crippen molar-refractivity contribution in [3.05, 3.63) is 77.2 Å². The van der Waals surface area contributed by atoms with E-state index in [1.807, 2.05) is 6.07 Å². The molecule has 1 fully saturated rings. The molecule has 1 aliphatic rings. The van der Waals surface area contributed by atoms with Crippen LogP contribution in [0, 0.1) is 11.7 Å². The summed E-state index contributed by atoms with van der Waals surface area (Å²) in [4.78, 5) is 30.9. The van der Waals surface area contributed by atoms with E-state index < -0.39 is 17.8 Å². The molecule has 0 unspecified atom stereocenters. The standard InChI is InChI=1S/C32H37FN2O5/c1-19(2)35(20(3)4)18-24-13-23(11-12-26(24)28-15-30(39-5)34-17-29(28)33)32(38)40-25-8-6-7-22(14-25)27(16-31(36)37)21-9-10-21/h6-8,11-15,17,19-21,27H,9-10,16,18H2,1-5H3,(H,36,37)/t27-/m0/s1. The zero-order valence-corrected chi connectivity index (χ0v) is 23.7. The first kappa shape index (κ1) is 29.2. The van der Waals surface area contributed by atoms with Crippen LogP contribution in [0.15, 0.2) is 54.7 Å². The minimum atomic E-state index is -0.841. The van der Waals surface area contributed by atoms with E-state index in [1.54, 1.807) is 42.5 Å². The third-order valence-corrected chi connectivity index (χ3v) is 7.43. The molecule has 212 valence electrons. The van der Waals surface area contributed by atoms with Gasteiger partial charge in [-0.25, -0.2) is 14.2 Å². The summed E-state index contributed by atoms with van der Waals surface area (Å²) in [6.45, 7) is 8.88. The molecule has 8 heteroatoms. The lowest BCUT2D eigenvalue weighted by atomic mass is 9.91. The van der Waals surface area contributed by atoms with Crippen molar-refractivity contribution in [3.8, 4) is 22.8 Å². The van der Waals surface area contributed by atoms with E-state index in [9.17, 15) is 19.1 Å². The summed E-state index contributed by atoms with van der Waals surface area (Å²) in [5, 5.41) is 9.37. The zero-order chi connectivity index (χ0) is 29.0. The van der Waals surface area contributed by atoms with E-state index in [0.29, 0.717) is 40.8 Å². The Bertz CT molecular complexity index is 1360. The Hall–Kier alpha value is -3.78. The lowest BCUT2D eigenvalue weighted by Crippen LogP contribution is -2.36. The topological polar surface area (TPSA) is 89.0 Å². The Morgan fingerprint density at radius 2 is 1.77 bits per heavy atom. The van der Waals surface area contributed by atoms with Gasteiger partial charge >= 0.3 is 11.9 Å². The van der Waals surface area contributed by atoms with Crippen LogP contribution in [-0.4, -0.2) is 46.1 Å². The highest BCUT2D eigenvalue weighted by molar-refractivity contribution is 5.92. The number of esters is 1. The van der Waals surface area contributed by atoms with Gasteiger partial charge < -0.3 is 14.6 Å². The number of rotatable bonds is 12. The third-order valence-electron chi connectivity index (χ3n) is 7.43. The lowest BCUT2D eigenvalue weighted by Gasteiger charge is -2.31. The number of pyridine rings is 1. The van der Waals surface area contributed by atoms with E-state index in [4.69, 9.17) is 9.47 Å². The average molecular weight is 549 g/mol. The van der Waals surface area contributed by atoms with Gasteiger partial charge in [-0.3, -0.25) is 9.69 Å². The van der Waals surface area contributed by atoms with Crippen molar-refractivity contribution in [3.63, 3.8) is 0 Å². The minimum absolute atomic E-state index is 0.0471. The van der Waals surface area contributed by atoms with Crippen LogP contribution < -0.4 is 9.47 Å². The highest BCUT2D eigenvalue weighted by Crippen LogP contribution is 2.45. The Balaban J connectivity index is 1.66. The Kier molecular flexibility index (Phi) is 9.20. The molecule has 1 heterocycles. The molecule has 3 aromatic rings. The van der Waals surface area contributed by atoms with Crippen LogP contribution in [0.25, 0.3) is 11.1 Å². The number of carbonyl (C=O) groups excluding carboxylic acids is 1. The van der Waals surface area contributed by atoms with Crippen molar-refractivity contribution in [1.29, 1.82) is 0 Å². The molecule has 0 spiro atoms. The van der Waals surface area contributed by atoms with Crippen LogP contribution in [0.5, 0.6) is 11.6 Å². The van der Waals surface area contributed by atoms with E-state index in [0.717, 1.165) is 30.2 Å². The molecular weight excluding hydrogens is 511 g/mol. The maximum absolute atomic E-state index is 15.0. The van der Waals surface area contributed by atoms with Gasteiger partial charge in [0.25, 0.3) is 0 Å². The molecule has 2 aromatic carbocycles. The average Bonchev–Trinajstić information content (AvgIpc) is 3.76. The highest BCUT2D eigenvalue weighted by atomic mass is 19.1. The Morgan fingerprint density at radius 3 is 2.40 bits per heavy atom. The molecule has 0 amide bonds. The van der Waals surface area contributed by atoms with Crippen molar-refractivity contribution >= 4 is 11.9 Å². The monoisotopic (exact) mass is 548 g/mol. The number of hydrogen-bond donors (Lipinski definition) is 1. The number of carboxylic acid groups (broad SMARTS) is 1. The number of halogens is 1. The van der Waals surface area contributed by atoms with Crippen LogP contribution in [0.3, 0.4) is 0 Å². The number of nitrogens with zero attached hydrogens (tertiary/aromatic N) is 2. The fourth-order valence-electron chi connectivity index (χ4n) is 5.23. The van der Waals surface area contributed by atoms with Gasteiger partial charge in [-0.2, -0.15) is 0 Å². The highest BCUT2D eigenvalue weighted by Gasteiger charge is 2.34. The maximum Gasteiger partial charge on any atom is 0.343 e. The smallest absolute Gasteiger partial charge is 0.343 e. The molecule has 0 bridgehead atoms. The summed E-state index contributed by atoms with van der Waals surface area (Å²) in [6, 6.07) is 14.2. The number of benzene rings is 2. The van der Waals surface area contributed by atoms with Gasteiger partial charge in [-0.15, -0.1) is 0 Å². The first-order chi connectivity index (χ1) is 19.1. The van der Waals surface area contributed by atoms with Crippen LogP contribution in [-0.2, 0) is 11.3 Å². The molecule has 0 aliphatic heterocycles. The molecule has 1 saturated carbocycles. The Labute approximate surface area is 235 Å². The normalized spacial score (nSPS) is 14.0. The fraction of sp³-hybridized carbons (Fsp3) is 0.406. The van der Waals surface area contributed by atoms with Crippen molar-refractivity contribution < 1.29 is 28.6 Å². The van der Waals surface area contributed by atoms with Gasteiger partial charge in [0, 0.05) is 30.3 Å². The second kappa shape index (κ2) is 12.6. The number of methoxy groups -OCH3 is 1. The molecule has 1 atom stereocenters. The van der Waals surface area contributed by atoms with Crippen molar-refractivity contribution in [2.75, 3.05) is 7.11 Å². The van der Waals surface area contributed by atoms with Crippen LogP contribution in [0.4, 0.5) is 4.39 Å². The number of carbonyl (C=O) groups is 2. The minimum Gasteiger partial charge on any atom is -0.481 e. The first-order valence-corrected chi connectivity index (χ1v) is 13.7. The molecule has 7 nitrogen and oxygen atoms in total. The predicted molar refractivity (Wildman–Crippen MR) is 151 cm³/mol. The number of aromatic nitrogens is 1. The molecule has 1 N–H and O–H groups in total. The van der Waals surface area contributed by atoms with E-state index >= 15 is 0 Å². The van der Waals surface area contributed by atoms with Gasteiger partial charge in [-0.05, 0) is 93.3 Å². The Morgan fingerprint density at radius 1 is 1.05 bits per heavy atom. The second-order valence-corrected chi connectivity index (χ2v) is 10.9. The van der Waals surface area contributed by atoms with Crippen molar-refractivity contribution in [2.45, 2.75) is 71.5 Å². The number of aliphatic carboxylic acids is 1. The number of hydrogen-bond acceptors (Lipinski definition) is 6. The number of ether oxygens (including phenoxy) is 2. The summed E-state index contributed by atoms with van der Waals surface area (Å²) in [5.41, 5.74) is 2.95. The van der Waals surface area contributed by atoms with E-state index in [1.165, 1.54) is 7.11 Å². The quantitative estimate of drug-likeness (QED) is 0.199. The zero-order valence-electron chi connectivity index (χ0n) is 23.7. The molecule has 1 aliphatic carbocycles. The van der Waals surface area contributed by atoms with Crippen LogP contribution >= 0.6 is 0 Å². The summed E-state index contributed by atoms with van der Waals surface area (Å²) < 4.78 is 25.9. The van der Waals surface area contributed by atoms with Gasteiger partial charge in [0.2, 0.25) is 5.88 Å². The van der Waals surface area contributed by atoms with E-state index in [-0.39, 0.29) is 24.4 Å². The summed E-state index contributed by atoms with van der Waals surface area (Å²) in [7, 11) is 1.48. The van der Waals surface area contributed by atoms with Gasteiger partial charge in [-0.1, -0.05) is 18.2 Å². The van der Waals surface area contributed by atoms with Gasteiger partial charge in [0.15, 0.2) is 0 Å². The largest absolute Gasteiger partial charge is 0.481 e. The van der Waals surface area contributed by atoms with Crippen LogP contribution in [0.2, 0.25) is 0 Å². The summed E-state index contributed by atoms with van der Waals surface area (Å²) in [6.07, 6.45) is 3.19. The van der Waals surface area contributed by atoms with Crippen molar-refractivity contribution in [1.82, 2.24) is 9.88 Å². The predicted octanol–water partition coefficient (Wildman–Crippen LogP) is 6.70. The number of carboxylic acids is 1. The molecule has 1 aromatic heterocycles. The van der Waals surface area contributed by atoms with Gasteiger partial charge in [0.05, 0.1) is 25.3 Å². The molecule has 0 radical (unpaired) electrons. The van der Waals surface area contributed by atoms with Crippen LogP contribution in [0.1, 0.15) is 74.4 Å². The molecule has 0 saturated heterocycles. The SMILES string of the molecule is COc1cc(-c2ccc(C(=O)Oc3cccc([C@@H](CC(=O)O)C4CC4)c3)cc2CN(C(C)C)C(C)C)c(F)cn1. The summed E-state index contributed by atoms with van der Waals surface area (Å²) >= 11 is 0. The third kappa shape index (κ3) is 7.04. The maximum atomic E-state index is 15.0. The van der Waals surface area contributed by atoms with Crippen molar-refractivity contribution in [2.24, 2.45) is 5.92 Å².